The van der Waals surface area contributed by atoms with Gasteiger partial charge >= 0.3 is 18.3 Å². The molecule has 0 spiro atoms. The van der Waals surface area contributed by atoms with Crippen LogP contribution in [0.25, 0.3) is 0 Å². The lowest BCUT2D eigenvalue weighted by atomic mass is 10.0. The molecule has 9 heteroatoms. The Kier molecular flexibility index (Phi) is 4.93. The highest BCUT2D eigenvalue weighted by Gasteiger charge is 2.41. The minimum atomic E-state index is -5.00. The van der Waals surface area contributed by atoms with Crippen molar-refractivity contribution in [2.45, 2.75) is 19.3 Å². The number of rotatable bonds is 2. The molecule has 0 aliphatic rings. The van der Waals surface area contributed by atoms with Gasteiger partial charge in [0.25, 0.3) is 0 Å². The van der Waals surface area contributed by atoms with Gasteiger partial charge in [-0.15, -0.1) is 0 Å². The second-order valence-corrected chi connectivity index (χ2v) is 4.68. The predicted molar refractivity (Wildman–Crippen MR) is 65.1 cm³/mol. The van der Waals surface area contributed by atoms with Gasteiger partial charge in [0.2, 0.25) is 0 Å². The SMILES string of the molecule is CCOC(=O)c1cc(C(F)(F)F)c(I)c(C(F)(F)F)c1. The Bertz CT molecular complexity index is 486. The molecule has 0 radical (unpaired) electrons. The fraction of sp³-hybridized carbons (Fsp3) is 0.364. The first-order valence-corrected chi connectivity index (χ1v) is 6.21. The maximum absolute atomic E-state index is 12.7. The summed E-state index contributed by atoms with van der Waals surface area (Å²) in [5, 5.41) is 0. The number of hydrogen-bond donors (Lipinski definition) is 0. The maximum atomic E-state index is 12.7. The molecule has 0 bridgehead atoms. The van der Waals surface area contributed by atoms with E-state index in [1.807, 2.05) is 0 Å². The van der Waals surface area contributed by atoms with Crippen molar-refractivity contribution in [1.29, 1.82) is 0 Å². The third-order valence-electron chi connectivity index (χ3n) is 2.19. The van der Waals surface area contributed by atoms with Crippen LogP contribution in [0.4, 0.5) is 26.3 Å². The average Bonchev–Trinajstić information content (AvgIpc) is 2.26. The molecule has 2 nitrogen and oxygen atoms in total. The van der Waals surface area contributed by atoms with E-state index in [9.17, 15) is 31.1 Å². The molecule has 0 heterocycles. The Morgan fingerprint density at radius 3 is 1.80 bits per heavy atom. The average molecular weight is 412 g/mol. The number of halogens is 7. The van der Waals surface area contributed by atoms with Gasteiger partial charge in [0.1, 0.15) is 0 Å². The van der Waals surface area contributed by atoms with Gasteiger partial charge in [-0.25, -0.2) is 4.79 Å². The molecule has 0 amide bonds. The van der Waals surface area contributed by atoms with Crippen molar-refractivity contribution in [3.8, 4) is 0 Å². The summed E-state index contributed by atoms with van der Waals surface area (Å²) in [6, 6.07) is 0.712. The van der Waals surface area contributed by atoms with Crippen LogP contribution in [-0.2, 0) is 17.1 Å². The molecule has 0 aliphatic carbocycles. The fourth-order valence-corrected chi connectivity index (χ4v) is 2.29. The zero-order chi connectivity index (χ0) is 15.7. The highest BCUT2D eigenvalue weighted by molar-refractivity contribution is 14.1. The van der Waals surface area contributed by atoms with E-state index in [1.54, 1.807) is 0 Å². The Morgan fingerprint density at radius 2 is 1.50 bits per heavy atom. The molecule has 0 aromatic heterocycles. The van der Waals surface area contributed by atoms with Gasteiger partial charge in [0.15, 0.2) is 0 Å². The van der Waals surface area contributed by atoms with E-state index >= 15 is 0 Å². The molecule has 0 atom stereocenters. The van der Waals surface area contributed by atoms with Crippen molar-refractivity contribution in [3.63, 3.8) is 0 Å². The number of benzene rings is 1. The van der Waals surface area contributed by atoms with Crippen molar-refractivity contribution >= 4 is 28.6 Å². The molecule has 0 aliphatic heterocycles. The van der Waals surface area contributed by atoms with Crippen LogP contribution in [0.15, 0.2) is 12.1 Å². The Morgan fingerprint density at radius 1 is 1.10 bits per heavy atom. The Hall–Kier alpha value is -1.00. The summed E-state index contributed by atoms with van der Waals surface area (Å²) < 4.78 is 79.8. The summed E-state index contributed by atoms with van der Waals surface area (Å²) in [5.41, 5.74) is -3.82. The van der Waals surface area contributed by atoms with Gasteiger partial charge in [-0.05, 0) is 41.6 Å². The van der Waals surface area contributed by atoms with E-state index < -0.39 is 38.6 Å². The molecule has 112 valence electrons. The third-order valence-corrected chi connectivity index (χ3v) is 3.36. The molecule has 1 rings (SSSR count). The first kappa shape index (κ1) is 17.1. The molecule has 0 fully saturated rings. The first-order valence-electron chi connectivity index (χ1n) is 5.13. The van der Waals surface area contributed by atoms with Crippen molar-refractivity contribution in [2.24, 2.45) is 0 Å². The van der Waals surface area contributed by atoms with Crippen LogP contribution in [0.1, 0.15) is 28.4 Å². The molecule has 0 saturated carbocycles. The second kappa shape index (κ2) is 5.78. The van der Waals surface area contributed by atoms with Crippen LogP contribution < -0.4 is 0 Å². The maximum Gasteiger partial charge on any atom is 0.417 e. The van der Waals surface area contributed by atoms with Crippen molar-refractivity contribution in [2.75, 3.05) is 6.61 Å². The van der Waals surface area contributed by atoms with Crippen molar-refractivity contribution in [3.05, 3.63) is 32.4 Å². The zero-order valence-electron chi connectivity index (χ0n) is 9.82. The molecule has 1 aromatic carbocycles. The number of hydrogen-bond acceptors (Lipinski definition) is 2. The third kappa shape index (κ3) is 3.76. The van der Waals surface area contributed by atoms with E-state index in [0.29, 0.717) is 12.1 Å². The van der Waals surface area contributed by atoms with Gasteiger partial charge in [-0.3, -0.25) is 0 Å². The van der Waals surface area contributed by atoms with E-state index in [0.717, 1.165) is 22.6 Å². The summed E-state index contributed by atoms with van der Waals surface area (Å²) in [4.78, 5) is 11.4. The van der Waals surface area contributed by atoms with Gasteiger partial charge in [0.05, 0.1) is 23.3 Å². The second-order valence-electron chi connectivity index (χ2n) is 3.60. The summed E-state index contributed by atoms with van der Waals surface area (Å²) in [6.07, 6.45) is -10.0. The largest absolute Gasteiger partial charge is 0.462 e. The van der Waals surface area contributed by atoms with Gasteiger partial charge in [-0.2, -0.15) is 26.3 Å². The van der Waals surface area contributed by atoms with Crippen LogP contribution in [0.2, 0.25) is 0 Å². The van der Waals surface area contributed by atoms with E-state index in [-0.39, 0.29) is 6.61 Å². The van der Waals surface area contributed by atoms with E-state index in [4.69, 9.17) is 0 Å². The lowest BCUT2D eigenvalue weighted by Crippen LogP contribution is -2.17. The lowest BCUT2D eigenvalue weighted by Gasteiger charge is -2.16. The van der Waals surface area contributed by atoms with E-state index in [1.165, 1.54) is 6.92 Å². The predicted octanol–water partition coefficient (Wildman–Crippen LogP) is 4.51. The monoisotopic (exact) mass is 412 g/mol. The van der Waals surface area contributed by atoms with Crippen molar-refractivity contribution in [1.82, 2.24) is 0 Å². The summed E-state index contributed by atoms with van der Waals surface area (Å²) in [6.45, 7) is 1.23. The smallest absolute Gasteiger partial charge is 0.417 e. The highest BCUT2D eigenvalue weighted by Crippen LogP contribution is 2.40. The molecular weight excluding hydrogens is 405 g/mol. The van der Waals surface area contributed by atoms with Crippen LogP contribution in [-0.4, -0.2) is 12.6 Å². The van der Waals surface area contributed by atoms with Crippen LogP contribution in [0, 0.1) is 3.57 Å². The zero-order valence-corrected chi connectivity index (χ0v) is 12.0. The van der Waals surface area contributed by atoms with Crippen LogP contribution in [0.3, 0.4) is 0 Å². The molecule has 20 heavy (non-hydrogen) atoms. The molecule has 0 saturated heterocycles. The number of esters is 1. The molecule has 0 N–H and O–H groups in total. The minimum Gasteiger partial charge on any atom is -0.462 e. The number of carbonyl (C=O) groups excluding carboxylic acids is 1. The van der Waals surface area contributed by atoms with Crippen LogP contribution >= 0.6 is 22.6 Å². The fourth-order valence-electron chi connectivity index (χ4n) is 1.37. The summed E-state index contributed by atoms with van der Waals surface area (Å²) in [5.74, 6) is -1.24. The van der Waals surface area contributed by atoms with Gasteiger partial charge in [-0.1, -0.05) is 0 Å². The number of ether oxygens (including phenoxy) is 1. The molecule has 0 unspecified atom stereocenters. The number of alkyl halides is 6. The summed E-state index contributed by atoms with van der Waals surface area (Å²) >= 11 is 0.961. The highest BCUT2D eigenvalue weighted by atomic mass is 127. The topological polar surface area (TPSA) is 26.3 Å². The Balaban J connectivity index is 3.55. The normalized spacial score (nSPS) is 12.4. The van der Waals surface area contributed by atoms with Gasteiger partial charge < -0.3 is 4.74 Å². The number of carbonyl (C=O) groups is 1. The Labute approximate surface area is 123 Å². The quantitative estimate of drug-likeness (QED) is 0.406. The van der Waals surface area contributed by atoms with E-state index in [2.05, 4.69) is 4.74 Å². The summed E-state index contributed by atoms with van der Waals surface area (Å²) in [7, 11) is 0. The first-order chi connectivity index (χ1) is 8.98. The lowest BCUT2D eigenvalue weighted by molar-refractivity contribution is -0.144. The van der Waals surface area contributed by atoms with Gasteiger partial charge in [0, 0.05) is 3.57 Å². The minimum absolute atomic E-state index is 0.159. The van der Waals surface area contributed by atoms with Crippen molar-refractivity contribution < 1.29 is 35.9 Å². The van der Waals surface area contributed by atoms with Crippen LogP contribution in [0.5, 0.6) is 0 Å². The standard InChI is InChI=1S/C11H7F6IO2/c1-2-20-9(19)5-3-6(10(12,13)14)8(18)7(4-5)11(15,16)17/h3-4H,2H2,1H3. The molecular formula is C11H7F6IO2. The molecule has 1 aromatic rings.